The van der Waals surface area contributed by atoms with Gasteiger partial charge in [-0.3, -0.25) is 13.9 Å². The standard InChI is InChI=1S/C23H27BrCl3N3O4S/c1-14(2)11-28-23(32)15(3)29(12-16-5-7-17(24)8-6-16)22(31)13-30(35(4,33)34)21-10-19(26)18(25)9-20(21)27/h5-10,14-15H,11-13H2,1-4H3,(H,28,32)/t15-/m1/s1. The van der Waals surface area contributed by atoms with Gasteiger partial charge in [-0.25, -0.2) is 8.42 Å². The van der Waals surface area contributed by atoms with Crippen molar-refractivity contribution in [2.75, 3.05) is 23.7 Å². The summed E-state index contributed by atoms with van der Waals surface area (Å²) in [6.07, 6.45) is 0.955. The van der Waals surface area contributed by atoms with Crippen LogP contribution in [0.2, 0.25) is 15.1 Å². The summed E-state index contributed by atoms with van der Waals surface area (Å²) in [4.78, 5) is 27.7. The van der Waals surface area contributed by atoms with Crippen molar-refractivity contribution in [3.05, 3.63) is 61.5 Å². The van der Waals surface area contributed by atoms with Crippen molar-refractivity contribution in [3.8, 4) is 0 Å². The minimum Gasteiger partial charge on any atom is -0.354 e. The Kier molecular flexibility index (Phi) is 10.7. The number of rotatable bonds is 10. The second kappa shape index (κ2) is 12.6. The lowest BCUT2D eigenvalue weighted by atomic mass is 10.1. The summed E-state index contributed by atoms with van der Waals surface area (Å²) in [5.74, 6) is -0.713. The molecule has 0 bridgehead atoms. The summed E-state index contributed by atoms with van der Waals surface area (Å²) in [7, 11) is -3.95. The predicted molar refractivity (Wildman–Crippen MR) is 146 cm³/mol. The van der Waals surface area contributed by atoms with Crippen LogP contribution in [-0.4, -0.2) is 50.5 Å². The van der Waals surface area contributed by atoms with Crippen LogP contribution in [0.4, 0.5) is 5.69 Å². The number of nitrogens with one attached hydrogen (secondary N) is 1. The Bertz CT molecular complexity index is 1180. The van der Waals surface area contributed by atoms with E-state index in [-0.39, 0.29) is 39.1 Å². The number of benzene rings is 2. The van der Waals surface area contributed by atoms with E-state index < -0.39 is 28.5 Å². The van der Waals surface area contributed by atoms with Crippen LogP contribution in [0, 0.1) is 5.92 Å². The lowest BCUT2D eigenvalue weighted by Gasteiger charge is -2.32. The van der Waals surface area contributed by atoms with Gasteiger partial charge in [0.15, 0.2) is 0 Å². The van der Waals surface area contributed by atoms with Crippen LogP contribution < -0.4 is 9.62 Å². The molecule has 192 valence electrons. The van der Waals surface area contributed by atoms with Crippen molar-refractivity contribution in [1.82, 2.24) is 10.2 Å². The average Bonchev–Trinajstić information content (AvgIpc) is 2.76. The van der Waals surface area contributed by atoms with Gasteiger partial charge in [0.05, 0.1) is 27.0 Å². The minimum absolute atomic E-state index is 0.0115. The van der Waals surface area contributed by atoms with Crippen LogP contribution in [0.5, 0.6) is 0 Å². The van der Waals surface area contributed by atoms with Crippen LogP contribution in [0.15, 0.2) is 40.9 Å². The highest BCUT2D eigenvalue weighted by molar-refractivity contribution is 9.10. The molecule has 0 aliphatic rings. The van der Waals surface area contributed by atoms with Gasteiger partial charge in [0.25, 0.3) is 0 Å². The number of anilines is 1. The smallest absolute Gasteiger partial charge is 0.244 e. The van der Waals surface area contributed by atoms with Gasteiger partial charge in [-0.2, -0.15) is 0 Å². The zero-order valence-electron chi connectivity index (χ0n) is 19.7. The fraction of sp³-hybridized carbons (Fsp3) is 0.391. The first-order valence-electron chi connectivity index (χ1n) is 10.6. The molecule has 2 rings (SSSR count). The van der Waals surface area contributed by atoms with E-state index in [4.69, 9.17) is 34.8 Å². The highest BCUT2D eigenvalue weighted by Gasteiger charge is 2.31. The first kappa shape index (κ1) is 29.7. The number of halogens is 4. The molecule has 1 N–H and O–H groups in total. The summed E-state index contributed by atoms with van der Waals surface area (Å²) >= 11 is 21.7. The third-order valence-corrected chi connectivity index (χ3v) is 7.74. The van der Waals surface area contributed by atoms with E-state index in [9.17, 15) is 18.0 Å². The highest BCUT2D eigenvalue weighted by Crippen LogP contribution is 2.35. The molecule has 7 nitrogen and oxygen atoms in total. The average molecular weight is 628 g/mol. The minimum atomic E-state index is -3.95. The maximum Gasteiger partial charge on any atom is 0.244 e. The molecule has 1 atom stereocenters. The van der Waals surface area contributed by atoms with Gasteiger partial charge < -0.3 is 10.2 Å². The molecule has 12 heteroatoms. The Morgan fingerprint density at radius 2 is 1.57 bits per heavy atom. The van der Waals surface area contributed by atoms with Gasteiger partial charge in [-0.1, -0.05) is 76.7 Å². The van der Waals surface area contributed by atoms with Crippen molar-refractivity contribution in [2.24, 2.45) is 5.92 Å². The Balaban J connectivity index is 2.43. The molecule has 2 amide bonds. The molecule has 0 heterocycles. The largest absolute Gasteiger partial charge is 0.354 e. The van der Waals surface area contributed by atoms with Crippen molar-refractivity contribution in [2.45, 2.75) is 33.4 Å². The zero-order valence-corrected chi connectivity index (χ0v) is 24.4. The molecule has 0 radical (unpaired) electrons. The summed E-state index contributed by atoms with van der Waals surface area (Å²) < 4.78 is 27.0. The molecule has 0 unspecified atom stereocenters. The van der Waals surface area contributed by atoms with Crippen LogP contribution in [0.3, 0.4) is 0 Å². The second-order valence-corrected chi connectivity index (χ2v) is 12.5. The maximum atomic E-state index is 13.5. The van der Waals surface area contributed by atoms with E-state index in [2.05, 4.69) is 21.2 Å². The molecular formula is C23H27BrCl3N3O4S. The molecule has 2 aromatic rings. The molecule has 0 aliphatic carbocycles. The number of sulfonamides is 1. The molecule has 0 spiro atoms. The molecule has 0 aliphatic heterocycles. The Hall–Kier alpha value is -1.52. The first-order chi connectivity index (χ1) is 16.2. The SMILES string of the molecule is CC(C)CNC(=O)[C@@H](C)N(Cc1ccc(Br)cc1)C(=O)CN(c1cc(Cl)c(Cl)cc1Cl)S(C)(=O)=O. The predicted octanol–water partition coefficient (Wildman–Crippen LogP) is 5.36. The number of hydrogen-bond donors (Lipinski definition) is 1. The molecule has 35 heavy (non-hydrogen) atoms. The number of amides is 2. The van der Waals surface area contributed by atoms with Crippen LogP contribution >= 0.6 is 50.7 Å². The zero-order chi connectivity index (χ0) is 26.5. The molecule has 0 fully saturated rings. The van der Waals surface area contributed by atoms with E-state index in [0.29, 0.717) is 6.54 Å². The normalized spacial score (nSPS) is 12.4. The summed E-state index contributed by atoms with van der Waals surface area (Å²) in [6.45, 7) is 5.46. The van der Waals surface area contributed by atoms with E-state index >= 15 is 0 Å². The van der Waals surface area contributed by atoms with Crippen LogP contribution in [0.25, 0.3) is 0 Å². The summed E-state index contributed by atoms with van der Waals surface area (Å²) in [5.41, 5.74) is 0.779. The van der Waals surface area contributed by atoms with Gasteiger partial charge in [-0.05, 0) is 42.7 Å². The molecular weight excluding hydrogens is 601 g/mol. The monoisotopic (exact) mass is 625 g/mol. The van der Waals surface area contributed by atoms with Gasteiger partial charge in [0.1, 0.15) is 12.6 Å². The van der Waals surface area contributed by atoms with Gasteiger partial charge in [-0.15, -0.1) is 0 Å². The van der Waals surface area contributed by atoms with Gasteiger partial charge in [0.2, 0.25) is 21.8 Å². The maximum absolute atomic E-state index is 13.5. The number of carbonyl (C=O) groups is 2. The Labute approximate surface area is 229 Å². The second-order valence-electron chi connectivity index (χ2n) is 8.45. The first-order valence-corrected chi connectivity index (χ1v) is 14.4. The molecule has 0 saturated carbocycles. The van der Waals surface area contributed by atoms with E-state index in [0.717, 1.165) is 20.6 Å². The number of hydrogen-bond acceptors (Lipinski definition) is 4. The molecule has 0 saturated heterocycles. The molecule has 0 aromatic heterocycles. The highest BCUT2D eigenvalue weighted by atomic mass is 79.9. The lowest BCUT2D eigenvalue weighted by molar-refractivity contribution is -0.139. The lowest BCUT2D eigenvalue weighted by Crippen LogP contribution is -2.51. The van der Waals surface area contributed by atoms with Crippen molar-refractivity contribution in [1.29, 1.82) is 0 Å². The summed E-state index contributed by atoms with van der Waals surface area (Å²) in [6, 6.07) is 9.00. The third-order valence-electron chi connectivity index (χ3n) is 5.06. The van der Waals surface area contributed by atoms with Crippen LogP contribution in [-0.2, 0) is 26.2 Å². The third kappa shape index (κ3) is 8.53. The van der Waals surface area contributed by atoms with Crippen molar-refractivity contribution >= 4 is 78.3 Å². The van der Waals surface area contributed by atoms with E-state index in [1.165, 1.54) is 17.0 Å². The van der Waals surface area contributed by atoms with Crippen molar-refractivity contribution < 1.29 is 18.0 Å². The Morgan fingerprint density at radius 1 is 1.00 bits per heavy atom. The van der Waals surface area contributed by atoms with Crippen LogP contribution in [0.1, 0.15) is 26.3 Å². The van der Waals surface area contributed by atoms with Gasteiger partial charge in [0, 0.05) is 17.6 Å². The fourth-order valence-corrected chi connectivity index (χ4v) is 4.93. The number of carbonyl (C=O) groups excluding carboxylic acids is 2. The summed E-state index contributed by atoms with van der Waals surface area (Å²) in [5, 5.41) is 3.07. The van der Waals surface area contributed by atoms with Crippen molar-refractivity contribution in [3.63, 3.8) is 0 Å². The number of nitrogens with zero attached hydrogens (tertiary/aromatic N) is 2. The Morgan fingerprint density at radius 3 is 2.11 bits per heavy atom. The topological polar surface area (TPSA) is 86.8 Å². The molecule has 2 aromatic carbocycles. The quantitative estimate of drug-likeness (QED) is 0.359. The van der Waals surface area contributed by atoms with E-state index in [1.54, 1.807) is 6.92 Å². The van der Waals surface area contributed by atoms with E-state index in [1.807, 2.05) is 38.1 Å². The van der Waals surface area contributed by atoms with Gasteiger partial charge >= 0.3 is 0 Å². The fourth-order valence-electron chi connectivity index (χ4n) is 3.12.